The summed E-state index contributed by atoms with van der Waals surface area (Å²) in [6.45, 7) is 4.07. The Hall–Kier alpha value is -2.73. The molecule has 1 saturated heterocycles. The summed E-state index contributed by atoms with van der Waals surface area (Å²) >= 11 is 1.41. The van der Waals surface area contributed by atoms with Gasteiger partial charge in [-0.1, -0.05) is 30.3 Å². The first-order valence-corrected chi connectivity index (χ1v) is 11.1. The Labute approximate surface area is 179 Å². The maximum absolute atomic E-state index is 13.6. The van der Waals surface area contributed by atoms with Gasteiger partial charge in [-0.15, -0.1) is 11.3 Å². The molecule has 0 N–H and O–H groups in total. The molecule has 30 heavy (non-hydrogen) atoms. The summed E-state index contributed by atoms with van der Waals surface area (Å²) in [5, 5.41) is 0.801. The van der Waals surface area contributed by atoms with Crippen molar-refractivity contribution < 1.29 is 14.0 Å². The molecule has 156 valence electrons. The number of piperazine rings is 1. The fourth-order valence-electron chi connectivity index (χ4n) is 3.95. The van der Waals surface area contributed by atoms with Crippen LogP contribution in [0.2, 0.25) is 0 Å². The molecule has 1 aliphatic rings. The van der Waals surface area contributed by atoms with Crippen LogP contribution in [-0.2, 0) is 11.2 Å². The highest BCUT2D eigenvalue weighted by molar-refractivity contribution is 7.21. The fraction of sp³-hybridized carbons (Fsp3) is 0.333. The molecule has 0 unspecified atom stereocenters. The molecular weight excluding hydrogens is 399 g/mol. The number of halogens is 1. The van der Waals surface area contributed by atoms with E-state index in [2.05, 4.69) is 12.1 Å². The van der Waals surface area contributed by atoms with Crippen molar-refractivity contribution in [2.24, 2.45) is 0 Å². The first-order valence-electron chi connectivity index (χ1n) is 10.3. The van der Waals surface area contributed by atoms with Crippen molar-refractivity contribution in [3.05, 3.63) is 70.4 Å². The van der Waals surface area contributed by atoms with Crippen LogP contribution in [0, 0.1) is 12.7 Å². The van der Waals surface area contributed by atoms with E-state index in [4.69, 9.17) is 0 Å². The van der Waals surface area contributed by atoms with Gasteiger partial charge in [-0.05, 0) is 54.5 Å². The third kappa shape index (κ3) is 4.38. The number of nitrogens with zero attached hydrogens (tertiary/aromatic N) is 2. The molecule has 0 spiro atoms. The number of benzene rings is 2. The Balaban J connectivity index is 1.31. The second-order valence-corrected chi connectivity index (χ2v) is 8.76. The molecule has 4 nitrogen and oxygen atoms in total. The number of rotatable bonds is 5. The van der Waals surface area contributed by atoms with Crippen LogP contribution in [-0.4, -0.2) is 47.8 Å². The van der Waals surface area contributed by atoms with Crippen molar-refractivity contribution in [3.8, 4) is 0 Å². The highest BCUT2D eigenvalue weighted by Crippen LogP contribution is 2.32. The van der Waals surface area contributed by atoms with Gasteiger partial charge in [-0.25, -0.2) is 4.39 Å². The van der Waals surface area contributed by atoms with E-state index in [1.807, 2.05) is 34.9 Å². The number of carbonyl (C=O) groups excluding carboxylic acids is 2. The standard InChI is InChI=1S/C24H25FN2O2S/c1-17-20-16-19(25)10-11-21(20)30-23(17)24(29)27-14-12-26(13-15-27)22(28)9-5-8-18-6-3-2-4-7-18/h2-4,6-7,10-11,16H,5,8-9,12-15H2,1H3. The van der Waals surface area contributed by atoms with Gasteiger partial charge in [-0.2, -0.15) is 0 Å². The Morgan fingerprint density at radius 1 is 1.00 bits per heavy atom. The van der Waals surface area contributed by atoms with Crippen LogP contribution in [0.5, 0.6) is 0 Å². The van der Waals surface area contributed by atoms with E-state index < -0.39 is 0 Å². The zero-order valence-electron chi connectivity index (χ0n) is 17.1. The zero-order chi connectivity index (χ0) is 21.1. The first-order chi connectivity index (χ1) is 14.5. The predicted molar refractivity (Wildman–Crippen MR) is 118 cm³/mol. The van der Waals surface area contributed by atoms with Crippen molar-refractivity contribution in [2.45, 2.75) is 26.2 Å². The van der Waals surface area contributed by atoms with E-state index in [9.17, 15) is 14.0 Å². The van der Waals surface area contributed by atoms with Gasteiger partial charge >= 0.3 is 0 Å². The van der Waals surface area contributed by atoms with Crippen LogP contribution in [0.15, 0.2) is 48.5 Å². The Kier molecular flexibility index (Phi) is 6.13. The molecule has 6 heteroatoms. The van der Waals surface area contributed by atoms with E-state index in [1.165, 1.54) is 29.0 Å². The molecular formula is C24H25FN2O2S. The van der Waals surface area contributed by atoms with Gasteiger partial charge in [0.1, 0.15) is 5.82 Å². The summed E-state index contributed by atoms with van der Waals surface area (Å²) in [6.07, 6.45) is 2.26. The van der Waals surface area contributed by atoms with Gasteiger partial charge in [0, 0.05) is 37.3 Å². The molecule has 0 aliphatic carbocycles. The minimum Gasteiger partial charge on any atom is -0.339 e. The minimum atomic E-state index is -0.290. The van der Waals surface area contributed by atoms with E-state index in [1.54, 1.807) is 6.07 Å². The minimum absolute atomic E-state index is 0.0229. The number of amides is 2. The normalized spacial score (nSPS) is 14.3. The molecule has 2 heterocycles. The SMILES string of the molecule is Cc1c(C(=O)N2CCN(C(=O)CCCc3ccccc3)CC2)sc2ccc(F)cc12. The van der Waals surface area contributed by atoms with Crippen molar-refractivity contribution in [2.75, 3.05) is 26.2 Å². The molecule has 2 amide bonds. The molecule has 3 aromatic rings. The molecule has 0 radical (unpaired) electrons. The third-order valence-electron chi connectivity index (χ3n) is 5.71. The average Bonchev–Trinajstić information content (AvgIpc) is 3.10. The smallest absolute Gasteiger partial charge is 0.264 e. The topological polar surface area (TPSA) is 40.6 Å². The second kappa shape index (κ2) is 8.96. The first kappa shape index (κ1) is 20.5. The maximum atomic E-state index is 13.6. The largest absolute Gasteiger partial charge is 0.339 e. The van der Waals surface area contributed by atoms with E-state index in [0.29, 0.717) is 37.5 Å². The number of aryl methyl sites for hydroxylation is 2. The number of hydrogen-bond acceptors (Lipinski definition) is 3. The number of hydrogen-bond donors (Lipinski definition) is 0. The summed E-state index contributed by atoms with van der Waals surface area (Å²) in [7, 11) is 0. The molecule has 1 aliphatic heterocycles. The molecule has 4 rings (SSSR count). The summed E-state index contributed by atoms with van der Waals surface area (Å²) < 4.78 is 14.5. The van der Waals surface area contributed by atoms with Gasteiger partial charge in [0.05, 0.1) is 4.88 Å². The van der Waals surface area contributed by atoms with Gasteiger partial charge in [0.25, 0.3) is 5.91 Å². The van der Waals surface area contributed by atoms with Crippen LogP contribution >= 0.6 is 11.3 Å². The highest BCUT2D eigenvalue weighted by atomic mass is 32.1. The lowest BCUT2D eigenvalue weighted by Crippen LogP contribution is -2.50. The predicted octanol–water partition coefficient (Wildman–Crippen LogP) is 4.66. The molecule has 1 aromatic heterocycles. The summed E-state index contributed by atoms with van der Waals surface area (Å²) in [5.74, 6) is -0.154. The molecule has 0 bridgehead atoms. The second-order valence-electron chi connectivity index (χ2n) is 7.71. The molecule has 1 fully saturated rings. The number of carbonyl (C=O) groups is 2. The van der Waals surface area contributed by atoms with Crippen LogP contribution < -0.4 is 0 Å². The third-order valence-corrected chi connectivity index (χ3v) is 6.97. The molecule has 2 aromatic carbocycles. The highest BCUT2D eigenvalue weighted by Gasteiger charge is 2.27. The quantitative estimate of drug-likeness (QED) is 0.598. The van der Waals surface area contributed by atoms with Crippen molar-refractivity contribution in [3.63, 3.8) is 0 Å². The van der Waals surface area contributed by atoms with Crippen LogP contribution in [0.3, 0.4) is 0 Å². The summed E-state index contributed by atoms with van der Waals surface area (Å²) in [5.41, 5.74) is 2.08. The number of thiophene rings is 1. The zero-order valence-corrected chi connectivity index (χ0v) is 17.9. The van der Waals surface area contributed by atoms with Gasteiger partial charge in [0.15, 0.2) is 0 Å². The van der Waals surface area contributed by atoms with Gasteiger partial charge in [-0.3, -0.25) is 9.59 Å². The van der Waals surface area contributed by atoms with E-state index in [-0.39, 0.29) is 17.6 Å². The van der Waals surface area contributed by atoms with Crippen molar-refractivity contribution in [1.82, 2.24) is 9.80 Å². The van der Waals surface area contributed by atoms with Crippen LogP contribution in [0.25, 0.3) is 10.1 Å². The maximum Gasteiger partial charge on any atom is 0.264 e. The average molecular weight is 425 g/mol. The van der Waals surface area contributed by atoms with Gasteiger partial charge < -0.3 is 9.80 Å². The number of fused-ring (bicyclic) bond motifs is 1. The van der Waals surface area contributed by atoms with E-state index in [0.717, 1.165) is 28.5 Å². The van der Waals surface area contributed by atoms with Crippen molar-refractivity contribution >= 4 is 33.2 Å². The lowest BCUT2D eigenvalue weighted by Gasteiger charge is -2.34. The summed E-state index contributed by atoms with van der Waals surface area (Å²) in [4.78, 5) is 29.9. The lowest BCUT2D eigenvalue weighted by molar-refractivity contribution is -0.132. The Morgan fingerprint density at radius 2 is 1.70 bits per heavy atom. The monoisotopic (exact) mass is 424 g/mol. The van der Waals surface area contributed by atoms with Crippen LogP contribution in [0.4, 0.5) is 4.39 Å². The Bertz CT molecular complexity index is 1060. The van der Waals surface area contributed by atoms with Crippen LogP contribution in [0.1, 0.15) is 33.6 Å². The van der Waals surface area contributed by atoms with Crippen molar-refractivity contribution in [1.29, 1.82) is 0 Å². The van der Waals surface area contributed by atoms with Gasteiger partial charge in [0.2, 0.25) is 5.91 Å². The van der Waals surface area contributed by atoms with E-state index >= 15 is 0 Å². The fourth-order valence-corrected chi connectivity index (χ4v) is 5.10. The Morgan fingerprint density at radius 3 is 2.43 bits per heavy atom. The summed E-state index contributed by atoms with van der Waals surface area (Å²) in [6, 6.07) is 14.8. The molecule has 0 atom stereocenters. The molecule has 0 saturated carbocycles. The lowest BCUT2D eigenvalue weighted by atomic mass is 10.1.